The zero-order valence-electron chi connectivity index (χ0n) is 16.4. The third kappa shape index (κ3) is 4.10. The molecule has 0 spiro atoms. The average molecular weight is 378 g/mol. The lowest BCUT2D eigenvalue weighted by Crippen LogP contribution is -2.29. The Kier molecular flexibility index (Phi) is 5.74. The minimum atomic E-state index is 0.0295. The van der Waals surface area contributed by atoms with Crippen LogP contribution in [-0.4, -0.2) is 45.5 Å². The Hall–Kier alpha value is -2.64. The fourth-order valence-electron chi connectivity index (χ4n) is 4.30. The minimum Gasteiger partial charge on any atom is -0.352 e. The van der Waals surface area contributed by atoms with Crippen LogP contribution >= 0.6 is 0 Å². The van der Waals surface area contributed by atoms with Crippen LogP contribution < -0.4 is 10.8 Å². The summed E-state index contributed by atoms with van der Waals surface area (Å²) < 4.78 is 2.12. The topological polar surface area (TPSA) is 88.5 Å². The minimum absolute atomic E-state index is 0.0295. The fourth-order valence-corrected chi connectivity index (χ4v) is 4.30. The summed E-state index contributed by atoms with van der Waals surface area (Å²) in [5.41, 5.74) is 2.95. The number of H-pyrrole nitrogens is 1. The van der Waals surface area contributed by atoms with E-state index < -0.39 is 0 Å². The highest BCUT2D eigenvalue weighted by Crippen LogP contribution is 2.23. The van der Waals surface area contributed by atoms with Crippen molar-refractivity contribution in [3.05, 3.63) is 35.8 Å². The van der Waals surface area contributed by atoms with E-state index in [0.717, 1.165) is 28.5 Å². The number of aryl methyl sites for hydroxylation is 2. The van der Waals surface area contributed by atoms with Gasteiger partial charge >= 0.3 is 0 Å². The predicted molar refractivity (Wildman–Crippen MR) is 112 cm³/mol. The first-order valence-electron chi connectivity index (χ1n) is 10.3. The van der Waals surface area contributed by atoms with Crippen molar-refractivity contribution in [3.8, 4) is 0 Å². The normalized spacial score (nSPS) is 15.6. The van der Waals surface area contributed by atoms with Crippen LogP contribution in [0.25, 0.3) is 10.9 Å². The van der Waals surface area contributed by atoms with E-state index in [9.17, 15) is 4.79 Å². The Balaban J connectivity index is 1.52. The van der Waals surface area contributed by atoms with Gasteiger partial charge in [-0.15, -0.1) is 10.2 Å². The van der Waals surface area contributed by atoms with Gasteiger partial charge in [-0.1, -0.05) is 48.5 Å². The summed E-state index contributed by atoms with van der Waals surface area (Å²) in [7, 11) is 2.06. The second kappa shape index (κ2) is 8.58. The maximum atomic E-state index is 13.0. The monoisotopic (exact) mass is 378 g/mol. The lowest BCUT2D eigenvalue weighted by atomic mass is 9.90. The van der Waals surface area contributed by atoms with Crippen molar-refractivity contribution in [1.29, 1.82) is 0 Å². The van der Waals surface area contributed by atoms with Gasteiger partial charge in [-0.2, -0.15) is 5.21 Å². The van der Waals surface area contributed by atoms with Crippen molar-refractivity contribution in [2.75, 3.05) is 6.54 Å². The van der Waals surface area contributed by atoms with Gasteiger partial charge in [-0.25, -0.2) is 0 Å². The second-order valence-corrected chi connectivity index (χ2v) is 7.85. The van der Waals surface area contributed by atoms with Gasteiger partial charge in [0.05, 0.1) is 5.56 Å². The molecule has 8 heteroatoms. The molecule has 1 fully saturated rings. The zero-order valence-corrected chi connectivity index (χ0v) is 16.4. The first kappa shape index (κ1) is 18.7. The smallest absolute Gasteiger partial charge is 0.253 e. The van der Waals surface area contributed by atoms with Gasteiger partial charge in [0.15, 0.2) is 5.82 Å². The summed E-state index contributed by atoms with van der Waals surface area (Å²) in [6.07, 6.45) is 10.3. The van der Waals surface area contributed by atoms with E-state index in [1.165, 1.54) is 38.5 Å². The number of aromatic nitrogens is 5. The van der Waals surface area contributed by atoms with Crippen LogP contribution in [0.4, 0.5) is 0 Å². The van der Waals surface area contributed by atoms with Gasteiger partial charge in [-0.3, -0.25) is 4.79 Å². The molecular weight excluding hydrogens is 351 g/mol. The Morgan fingerprint density at radius 3 is 2.82 bits per heavy atom. The summed E-state index contributed by atoms with van der Waals surface area (Å²) >= 11 is 0. The summed E-state index contributed by atoms with van der Waals surface area (Å²) in [5, 5.41) is 18.4. The van der Waals surface area contributed by atoms with E-state index in [-0.39, 0.29) is 5.91 Å². The summed E-state index contributed by atoms with van der Waals surface area (Å²) in [4.78, 5) is 13.0. The van der Waals surface area contributed by atoms with Crippen LogP contribution in [0.1, 0.15) is 54.7 Å². The van der Waals surface area contributed by atoms with Crippen molar-refractivity contribution in [3.63, 3.8) is 0 Å². The molecule has 0 radical (unpaired) electrons. The molecule has 0 atom stereocenters. The van der Waals surface area contributed by atoms with Crippen LogP contribution in [-0.2, 0) is 13.0 Å². The summed E-state index contributed by atoms with van der Waals surface area (Å²) in [6.45, 7) is 1.48. The van der Waals surface area contributed by atoms with Crippen LogP contribution in [0, 0.1) is 5.92 Å². The Bertz CT molecular complexity index is 928. The van der Waals surface area contributed by atoms with Crippen molar-refractivity contribution < 1.29 is 4.79 Å². The molecule has 1 amide bonds. The molecule has 7 nitrogen and oxygen atoms in total. The largest absolute Gasteiger partial charge is 0.352 e. The predicted octanol–water partition coefficient (Wildman–Crippen LogP) is 1.36. The van der Waals surface area contributed by atoms with Crippen LogP contribution in [0.5, 0.6) is 0 Å². The number of tetrazole rings is 1. The van der Waals surface area contributed by atoms with Gasteiger partial charge in [0.2, 0.25) is 0 Å². The number of fused-ring (bicyclic) bond motifs is 1. The van der Waals surface area contributed by atoms with E-state index in [1.807, 2.05) is 12.3 Å². The lowest BCUT2D eigenvalue weighted by molar-refractivity contribution is 0.0947. The standard InChI is InChI=1S/C20H27BN6O/c21-16-8-5-9-17-19(16)15(13-27(17)11-10-18-23-25-26-24-18)20(28)22-12-14-6-3-1-2-4-7-14/h5,8-9,13-14H,1-4,6-7,10-12,21H2,(H,22,28)(H,23,24,25,26). The number of carbonyl (C=O) groups excluding carboxylic acids is 1. The molecule has 1 aliphatic carbocycles. The highest BCUT2D eigenvalue weighted by Gasteiger charge is 2.19. The molecule has 1 saturated carbocycles. The molecule has 0 aliphatic heterocycles. The first-order valence-corrected chi connectivity index (χ1v) is 10.3. The lowest BCUT2D eigenvalue weighted by Gasteiger charge is -2.14. The van der Waals surface area contributed by atoms with Crippen LogP contribution in [0.15, 0.2) is 24.4 Å². The number of aromatic amines is 1. The second-order valence-electron chi connectivity index (χ2n) is 7.85. The van der Waals surface area contributed by atoms with Gasteiger partial charge in [0.25, 0.3) is 5.91 Å². The number of hydrogen-bond acceptors (Lipinski definition) is 4. The maximum Gasteiger partial charge on any atom is 0.253 e. The van der Waals surface area contributed by atoms with E-state index >= 15 is 0 Å². The van der Waals surface area contributed by atoms with Crippen LogP contribution in [0.3, 0.4) is 0 Å². The van der Waals surface area contributed by atoms with Gasteiger partial charge in [0.1, 0.15) is 7.85 Å². The zero-order chi connectivity index (χ0) is 19.3. The number of hydrogen-bond donors (Lipinski definition) is 2. The Labute approximate surface area is 165 Å². The maximum absolute atomic E-state index is 13.0. The van der Waals surface area contributed by atoms with Crippen molar-refractivity contribution in [2.45, 2.75) is 51.5 Å². The van der Waals surface area contributed by atoms with Crippen molar-refractivity contribution in [2.24, 2.45) is 5.92 Å². The number of rotatable bonds is 6. The first-order chi connectivity index (χ1) is 13.7. The Morgan fingerprint density at radius 1 is 1.25 bits per heavy atom. The highest BCUT2D eigenvalue weighted by molar-refractivity contribution is 6.40. The van der Waals surface area contributed by atoms with Crippen LogP contribution in [0.2, 0.25) is 0 Å². The molecule has 3 aromatic rings. The molecular formula is C20H27BN6O. The quantitative estimate of drug-likeness (QED) is 0.501. The number of nitrogens with one attached hydrogen (secondary N) is 2. The number of amides is 1. The molecule has 1 aliphatic rings. The van der Waals surface area contributed by atoms with E-state index in [2.05, 4.69) is 50.5 Å². The van der Waals surface area contributed by atoms with Gasteiger partial charge in [0, 0.05) is 36.6 Å². The fraction of sp³-hybridized carbons (Fsp3) is 0.500. The number of nitrogens with zero attached hydrogens (tertiary/aromatic N) is 4. The van der Waals surface area contributed by atoms with Crippen molar-refractivity contribution in [1.82, 2.24) is 30.5 Å². The number of carbonyl (C=O) groups is 1. The SMILES string of the molecule is Bc1cccc2c1c(C(=O)NCC1CCCCCC1)cn2CCc1nn[nH]n1. The molecule has 2 heterocycles. The molecule has 1 aromatic carbocycles. The molecule has 146 valence electrons. The highest BCUT2D eigenvalue weighted by atomic mass is 16.1. The molecule has 2 N–H and O–H groups in total. The van der Waals surface area contributed by atoms with E-state index in [4.69, 9.17) is 0 Å². The molecule has 0 unspecified atom stereocenters. The van der Waals surface area contributed by atoms with Gasteiger partial charge < -0.3 is 9.88 Å². The third-order valence-corrected chi connectivity index (χ3v) is 5.85. The number of benzene rings is 1. The average Bonchev–Trinajstić information content (AvgIpc) is 3.27. The molecule has 0 saturated heterocycles. The summed E-state index contributed by atoms with van der Waals surface area (Å²) in [6, 6.07) is 6.17. The molecule has 2 aromatic heterocycles. The van der Waals surface area contributed by atoms with E-state index in [0.29, 0.717) is 24.7 Å². The molecule has 28 heavy (non-hydrogen) atoms. The van der Waals surface area contributed by atoms with Crippen molar-refractivity contribution >= 4 is 30.1 Å². The molecule has 0 bridgehead atoms. The summed E-state index contributed by atoms with van der Waals surface area (Å²) in [5.74, 6) is 1.31. The Morgan fingerprint density at radius 2 is 2.07 bits per heavy atom. The van der Waals surface area contributed by atoms with Gasteiger partial charge in [-0.05, 0) is 24.8 Å². The van der Waals surface area contributed by atoms with E-state index in [1.54, 1.807) is 0 Å². The molecule has 4 rings (SSSR count). The third-order valence-electron chi connectivity index (χ3n) is 5.85.